The molecule has 0 radical (unpaired) electrons. The summed E-state index contributed by atoms with van der Waals surface area (Å²) in [6.07, 6.45) is 7.75. The molecular formula is C18H20N4. The third-order valence-electron chi connectivity index (χ3n) is 3.81. The number of nitrogens with zero attached hydrogens (tertiary/aromatic N) is 3. The van der Waals surface area contributed by atoms with Gasteiger partial charge in [-0.25, -0.2) is 0 Å². The van der Waals surface area contributed by atoms with E-state index in [0.29, 0.717) is 0 Å². The van der Waals surface area contributed by atoms with Crippen molar-refractivity contribution in [2.75, 3.05) is 0 Å². The highest BCUT2D eigenvalue weighted by Crippen LogP contribution is 2.23. The summed E-state index contributed by atoms with van der Waals surface area (Å²) >= 11 is 0. The molecule has 0 bridgehead atoms. The van der Waals surface area contributed by atoms with E-state index in [1.165, 1.54) is 24.4 Å². The average molecular weight is 292 g/mol. The van der Waals surface area contributed by atoms with Crippen LogP contribution in [0, 0.1) is 12.3 Å². The maximum absolute atomic E-state index is 7.42. The molecule has 0 aliphatic carbocycles. The van der Waals surface area contributed by atoms with Crippen LogP contribution < -0.4 is 0 Å². The summed E-state index contributed by atoms with van der Waals surface area (Å²) in [5.41, 5.74) is 4.59. The molecule has 3 heterocycles. The van der Waals surface area contributed by atoms with Crippen LogP contribution in [0.25, 0.3) is 22.3 Å². The number of hydrogen-bond acceptors (Lipinski definition) is 3. The van der Waals surface area contributed by atoms with Crippen LogP contribution >= 0.6 is 0 Å². The molecule has 0 unspecified atom stereocenters. The van der Waals surface area contributed by atoms with Gasteiger partial charge in [-0.05, 0) is 43.2 Å². The van der Waals surface area contributed by atoms with Crippen molar-refractivity contribution < 1.29 is 0 Å². The van der Waals surface area contributed by atoms with Gasteiger partial charge in [0.05, 0.1) is 23.1 Å². The van der Waals surface area contributed by atoms with Crippen LogP contribution in [-0.2, 0) is 6.54 Å². The number of fused-ring (bicyclic) bond motifs is 1. The van der Waals surface area contributed by atoms with Crippen molar-refractivity contribution >= 4 is 17.1 Å². The fourth-order valence-corrected chi connectivity index (χ4v) is 2.66. The Kier molecular flexibility index (Phi) is 4.00. The number of hydrogen-bond donors (Lipinski definition) is 1. The van der Waals surface area contributed by atoms with Crippen LogP contribution in [0.3, 0.4) is 0 Å². The first-order valence-corrected chi connectivity index (χ1v) is 7.65. The third-order valence-corrected chi connectivity index (χ3v) is 3.81. The zero-order valence-corrected chi connectivity index (χ0v) is 13.0. The highest BCUT2D eigenvalue weighted by molar-refractivity contribution is 5.84. The van der Waals surface area contributed by atoms with Gasteiger partial charge in [0, 0.05) is 30.0 Å². The third kappa shape index (κ3) is 2.77. The van der Waals surface area contributed by atoms with Gasteiger partial charge in [0.1, 0.15) is 0 Å². The molecule has 0 aromatic carbocycles. The van der Waals surface area contributed by atoms with Crippen molar-refractivity contribution in [1.29, 1.82) is 5.41 Å². The van der Waals surface area contributed by atoms with E-state index in [1.54, 1.807) is 0 Å². The summed E-state index contributed by atoms with van der Waals surface area (Å²) in [5, 5.41) is 8.60. The van der Waals surface area contributed by atoms with Crippen molar-refractivity contribution in [2.24, 2.45) is 0 Å². The van der Waals surface area contributed by atoms with Gasteiger partial charge in [0.25, 0.3) is 0 Å². The second-order valence-corrected chi connectivity index (χ2v) is 5.56. The molecule has 1 N–H and O–H groups in total. The molecule has 0 saturated heterocycles. The van der Waals surface area contributed by atoms with Gasteiger partial charge < -0.3 is 9.98 Å². The van der Waals surface area contributed by atoms with Crippen molar-refractivity contribution in [1.82, 2.24) is 14.5 Å². The quantitative estimate of drug-likeness (QED) is 0.716. The molecule has 0 amide bonds. The van der Waals surface area contributed by atoms with Crippen LogP contribution in [0.15, 0.2) is 36.7 Å². The molecule has 0 atom stereocenters. The van der Waals surface area contributed by atoms with Gasteiger partial charge >= 0.3 is 0 Å². The molecule has 3 rings (SSSR count). The van der Waals surface area contributed by atoms with Gasteiger partial charge in [-0.1, -0.05) is 13.3 Å². The standard InChI is InChI=1S/C18H20N4/c1-3-4-6-22-7-5-15-10-16(20-12-18(15)22)17-9-14(11-19)8-13(2)21-17/h5,7-12,19H,3-4,6H2,1-2H3. The highest BCUT2D eigenvalue weighted by Gasteiger charge is 2.07. The lowest BCUT2D eigenvalue weighted by Crippen LogP contribution is -1.97. The Morgan fingerprint density at radius 2 is 2.09 bits per heavy atom. The van der Waals surface area contributed by atoms with E-state index >= 15 is 0 Å². The molecule has 0 aliphatic rings. The fraction of sp³-hybridized carbons (Fsp3) is 0.278. The molecule has 0 aliphatic heterocycles. The van der Waals surface area contributed by atoms with E-state index in [0.717, 1.165) is 34.7 Å². The van der Waals surface area contributed by atoms with Crippen molar-refractivity contribution in [2.45, 2.75) is 33.2 Å². The Bertz CT molecular complexity index is 817. The number of unbranched alkanes of at least 4 members (excludes halogenated alkanes) is 1. The van der Waals surface area contributed by atoms with Crippen LogP contribution in [0.2, 0.25) is 0 Å². The van der Waals surface area contributed by atoms with Gasteiger partial charge in [-0.2, -0.15) is 0 Å². The zero-order valence-electron chi connectivity index (χ0n) is 13.0. The lowest BCUT2D eigenvalue weighted by molar-refractivity contribution is 0.649. The maximum Gasteiger partial charge on any atom is 0.0896 e. The summed E-state index contributed by atoms with van der Waals surface area (Å²) in [6, 6.07) is 8.01. The molecular weight excluding hydrogens is 272 g/mol. The molecule has 0 saturated carbocycles. The normalized spacial score (nSPS) is 11.0. The van der Waals surface area contributed by atoms with Crippen LogP contribution in [0.4, 0.5) is 0 Å². The van der Waals surface area contributed by atoms with Gasteiger partial charge in [-0.3, -0.25) is 9.97 Å². The Hall–Kier alpha value is -2.49. The predicted molar refractivity (Wildman–Crippen MR) is 90.5 cm³/mol. The predicted octanol–water partition coefficient (Wildman–Crippen LogP) is 4.20. The van der Waals surface area contributed by atoms with E-state index in [1.807, 2.05) is 25.3 Å². The molecule has 22 heavy (non-hydrogen) atoms. The molecule has 3 aromatic heterocycles. The first kappa shape index (κ1) is 14.4. The Morgan fingerprint density at radius 1 is 1.23 bits per heavy atom. The van der Waals surface area contributed by atoms with Crippen LogP contribution in [-0.4, -0.2) is 20.7 Å². The van der Waals surface area contributed by atoms with Crippen LogP contribution in [0.1, 0.15) is 31.0 Å². The zero-order chi connectivity index (χ0) is 15.5. The van der Waals surface area contributed by atoms with Gasteiger partial charge in [0.2, 0.25) is 0 Å². The monoisotopic (exact) mass is 292 g/mol. The summed E-state index contributed by atoms with van der Waals surface area (Å²) < 4.78 is 2.25. The minimum atomic E-state index is 0.821. The first-order valence-electron chi connectivity index (χ1n) is 7.65. The number of nitrogens with one attached hydrogen (secondary N) is 1. The summed E-state index contributed by atoms with van der Waals surface area (Å²) in [7, 11) is 0. The number of rotatable bonds is 5. The Balaban J connectivity index is 2.02. The Morgan fingerprint density at radius 3 is 2.86 bits per heavy atom. The molecule has 3 aromatic rings. The second kappa shape index (κ2) is 6.10. The molecule has 112 valence electrons. The maximum atomic E-state index is 7.42. The van der Waals surface area contributed by atoms with Gasteiger partial charge in [0.15, 0.2) is 0 Å². The lowest BCUT2D eigenvalue weighted by atomic mass is 10.1. The summed E-state index contributed by atoms with van der Waals surface area (Å²) in [5.74, 6) is 0. The summed E-state index contributed by atoms with van der Waals surface area (Å²) in [4.78, 5) is 9.12. The Labute approximate surface area is 130 Å². The minimum absolute atomic E-state index is 0.821. The smallest absolute Gasteiger partial charge is 0.0896 e. The van der Waals surface area contributed by atoms with Crippen molar-refractivity contribution in [3.63, 3.8) is 0 Å². The molecule has 0 fully saturated rings. The largest absolute Gasteiger partial charge is 0.346 e. The van der Waals surface area contributed by atoms with E-state index < -0.39 is 0 Å². The highest BCUT2D eigenvalue weighted by atomic mass is 15.0. The van der Waals surface area contributed by atoms with E-state index in [2.05, 4.69) is 39.8 Å². The minimum Gasteiger partial charge on any atom is -0.346 e. The van der Waals surface area contributed by atoms with Gasteiger partial charge in [-0.15, -0.1) is 0 Å². The number of aryl methyl sites for hydroxylation is 2. The van der Waals surface area contributed by atoms with E-state index in [9.17, 15) is 0 Å². The van der Waals surface area contributed by atoms with Crippen molar-refractivity contribution in [3.8, 4) is 11.4 Å². The fourth-order valence-electron chi connectivity index (χ4n) is 2.66. The first-order chi connectivity index (χ1) is 10.7. The second-order valence-electron chi connectivity index (χ2n) is 5.56. The number of pyridine rings is 2. The van der Waals surface area contributed by atoms with Crippen molar-refractivity contribution in [3.05, 3.63) is 47.9 Å². The average Bonchev–Trinajstić information content (AvgIpc) is 2.94. The SMILES string of the molecule is CCCCn1ccc2cc(-c3cc(C=N)cc(C)n3)ncc21. The lowest BCUT2D eigenvalue weighted by Gasteiger charge is -2.06. The topological polar surface area (TPSA) is 54.6 Å². The van der Waals surface area contributed by atoms with E-state index in [4.69, 9.17) is 5.41 Å². The van der Waals surface area contributed by atoms with E-state index in [-0.39, 0.29) is 0 Å². The molecule has 0 spiro atoms. The summed E-state index contributed by atoms with van der Waals surface area (Å²) in [6.45, 7) is 5.17. The molecule has 4 nitrogen and oxygen atoms in total. The number of aromatic nitrogens is 3. The van der Waals surface area contributed by atoms with Crippen LogP contribution in [0.5, 0.6) is 0 Å². The molecule has 4 heteroatoms.